The van der Waals surface area contributed by atoms with Crippen LogP contribution in [-0.2, 0) is 16.1 Å². The van der Waals surface area contributed by atoms with Crippen molar-refractivity contribution in [3.8, 4) is 0 Å². The fraction of sp³-hybridized carbons (Fsp3) is 0.346. The average Bonchev–Trinajstić information content (AvgIpc) is 2.71. The van der Waals surface area contributed by atoms with Crippen LogP contribution in [0.15, 0.2) is 45.6 Å². The van der Waals surface area contributed by atoms with E-state index >= 15 is 0 Å². The van der Waals surface area contributed by atoms with Crippen molar-refractivity contribution in [2.45, 2.75) is 60.0 Å². The zero-order valence-corrected chi connectivity index (χ0v) is 18.7. The minimum Gasteiger partial charge on any atom is -0.461 e. The summed E-state index contributed by atoms with van der Waals surface area (Å²) in [6.07, 6.45) is 0.0689. The third-order valence-corrected chi connectivity index (χ3v) is 5.48. The fourth-order valence-corrected chi connectivity index (χ4v) is 3.75. The van der Waals surface area contributed by atoms with Gasteiger partial charge in [-0.2, -0.15) is 0 Å². The molecule has 0 amide bonds. The first-order valence-electron chi connectivity index (χ1n) is 10.5. The standard InChI is InChI=1S/C26H28O5/c1-15(2)20-13-22-19(12-26(29)31-24(22)11-18(20)5)14-30-25(28)9-8-23(27)21-10-16(3)6-7-17(21)4/h6-7,10-13,15H,8-9,14H2,1-5H3. The summed E-state index contributed by atoms with van der Waals surface area (Å²) in [5.41, 5.74) is 5.31. The van der Waals surface area contributed by atoms with Gasteiger partial charge in [-0.05, 0) is 61.6 Å². The summed E-state index contributed by atoms with van der Waals surface area (Å²) in [6, 6.07) is 10.9. The summed E-state index contributed by atoms with van der Waals surface area (Å²) < 4.78 is 10.7. The molecular weight excluding hydrogens is 392 g/mol. The maximum atomic E-state index is 12.5. The Hall–Kier alpha value is -3.21. The van der Waals surface area contributed by atoms with Gasteiger partial charge >= 0.3 is 11.6 Å². The van der Waals surface area contributed by atoms with E-state index in [0.29, 0.717) is 22.6 Å². The van der Waals surface area contributed by atoms with Crippen LogP contribution in [0.25, 0.3) is 11.0 Å². The zero-order chi connectivity index (χ0) is 22.7. The van der Waals surface area contributed by atoms with Crippen molar-refractivity contribution in [1.29, 1.82) is 0 Å². The lowest BCUT2D eigenvalue weighted by atomic mass is 9.95. The van der Waals surface area contributed by atoms with Gasteiger partial charge < -0.3 is 9.15 Å². The molecule has 1 heterocycles. The first-order chi connectivity index (χ1) is 14.7. The van der Waals surface area contributed by atoms with Gasteiger partial charge in [-0.1, -0.05) is 31.5 Å². The summed E-state index contributed by atoms with van der Waals surface area (Å²) in [4.78, 5) is 36.7. The molecule has 0 unspecified atom stereocenters. The fourth-order valence-electron chi connectivity index (χ4n) is 3.75. The number of esters is 1. The second kappa shape index (κ2) is 9.29. The number of rotatable bonds is 7. The number of hydrogen-bond acceptors (Lipinski definition) is 5. The highest BCUT2D eigenvalue weighted by atomic mass is 16.5. The number of ketones is 1. The maximum Gasteiger partial charge on any atom is 0.336 e. The highest BCUT2D eigenvalue weighted by Crippen LogP contribution is 2.27. The molecular formula is C26H28O5. The van der Waals surface area contributed by atoms with E-state index in [-0.39, 0.29) is 25.2 Å². The lowest BCUT2D eigenvalue weighted by Gasteiger charge is -2.13. The molecule has 5 heteroatoms. The van der Waals surface area contributed by atoms with E-state index in [9.17, 15) is 14.4 Å². The minimum absolute atomic E-state index is 0.0120. The molecule has 0 saturated carbocycles. The van der Waals surface area contributed by atoms with E-state index in [1.807, 2.05) is 51.1 Å². The van der Waals surface area contributed by atoms with Gasteiger partial charge in [0.05, 0.1) is 6.42 Å². The second-order valence-corrected chi connectivity index (χ2v) is 8.35. The van der Waals surface area contributed by atoms with E-state index in [2.05, 4.69) is 13.8 Å². The number of hydrogen-bond donors (Lipinski definition) is 0. The van der Waals surface area contributed by atoms with Gasteiger partial charge in [0.15, 0.2) is 5.78 Å². The summed E-state index contributed by atoms with van der Waals surface area (Å²) in [7, 11) is 0. The Balaban J connectivity index is 1.71. The molecule has 0 spiro atoms. The Morgan fingerprint density at radius 3 is 2.42 bits per heavy atom. The number of fused-ring (bicyclic) bond motifs is 1. The molecule has 0 aliphatic carbocycles. The first kappa shape index (κ1) is 22.5. The number of aryl methyl sites for hydroxylation is 3. The Labute approximate surface area is 182 Å². The van der Waals surface area contributed by atoms with E-state index in [0.717, 1.165) is 27.6 Å². The van der Waals surface area contributed by atoms with E-state index in [1.54, 1.807) is 0 Å². The summed E-state index contributed by atoms with van der Waals surface area (Å²) >= 11 is 0. The third-order valence-electron chi connectivity index (χ3n) is 5.48. The Bertz CT molecular complexity index is 1200. The van der Waals surface area contributed by atoms with Gasteiger partial charge in [-0.25, -0.2) is 4.79 Å². The molecule has 0 radical (unpaired) electrons. The van der Waals surface area contributed by atoms with Crippen molar-refractivity contribution >= 4 is 22.7 Å². The molecule has 2 aromatic carbocycles. The van der Waals surface area contributed by atoms with Crippen LogP contribution in [0.5, 0.6) is 0 Å². The van der Waals surface area contributed by atoms with Gasteiger partial charge in [0.2, 0.25) is 0 Å². The molecule has 3 aromatic rings. The second-order valence-electron chi connectivity index (χ2n) is 8.35. The van der Waals surface area contributed by atoms with Crippen LogP contribution in [0.2, 0.25) is 0 Å². The highest BCUT2D eigenvalue weighted by molar-refractivity contribution is 5.99. The minimum atomic E-state index is -0.486. The van der Waals surface area contributed by atoms with Crippen molar-refractivity contribution in [3.05, 3.63) is 80.2 Å². The van der Waals surface area contributed by atoms with E-state index in [1.165, 1.54) is 6.07 Å². The van der Waals surface area contributed by atoms with Gasteiger partial charge in [-0.15, -0.1) is 0 Å². The molecule has 31 heavy (non-hydrogen) atoms. The zero-order valence-electron chi connectivity index (χ0n) is 18.7. The highest BCUT2D eigenvalue weighted by Gasteiger charge is 2.15. The SMILES string of the molecule is Cc1ccc(C)c(C(=O)CCC(=O)OCc2cc(=O)oc3cc(C)c(C(C)C)cc23)c1. The van der Waals surface area contributed by atoms with Crippen molar-refractivity contribution in [2.24, 2.45) is 0 Å². The van der Waals surface area contributed by atoms with Crippen LogP contribution < -0.4 is 5.63 Å². The number of Topliss-reactive ketones (excluding diaryl/α,β-unsaturated/α-hetero) is 1. The Morgan fingerprint density at radius 1 is 0.968 bits per heavy atom. The molecule has 5 nitrogen and oxygen atoms in total. The molecule has 1 aromatic heterocycles. The normalized spacial score (nSPS) is 11.2. The van der Waals surface area contributed by atoms with Crippen molar-refractivity contribution in [3.63, 3.8) is 0 Å². The number of ether oxygens (including phenoxy) is 1. The van der Waals surface area contributed by atoms with Crippen LogP contribution in [0, 0.1) is 20.8 Å². The van der Waals surface area contributed by atoms with E-state index in [4.69, 9.17) is 9.15 Å². The number of carbonyl (C=O) groups is 2. The maximum absolute atomic E-state index is 12.5. The van der Waals surface area contributed by atoms with Crippen LogP contribution in [0.3, 0.4) is 0 Å². The Morgan fingerprint density at radius 2 is 1.71 bits per heavy atom. The Kier molecular flexibility index (Phi) is 6.74. The molecule has 0 aliphatic heterocycles. The van der Waals surface area contributed by atoms with Gasteiger partial charge in [0, 0.05) is 29.0 Å². The van der Waals surface area contributed by atoms with Crippen LogP contribution in [-0.4, -0.2) is 11.8 Å². The predicted molar refractivity (Wildman–Crippen MR) is 121 cm³/mol. The van der Waals surface area contributed by atoms with Gasteiger partial charge in [-0.3, -0.25) is 9.59 Å². The first-order valence-corrected chi connectivity index (χ1v) is 10.5. The van der Waals surface area contributed by atoms with Crippen LogP contribution in [0.1, 0.15) is 70.8 Å². The van der Waals surface area contributed by atoms with Crippen LogP contribution >= 0.6 is 0 Å². The van der Waals surface area contributed by atoms with Crippen LogP contribution in [0.4, 0.5) is 0 Å². The topological polar surface area (TPSA) is 73.6 Å². The molecule has 162 valence electrons. The molecule has 0 saturated heterocycles. The van der Waals surface area contributed by atoms with Gasteiger partial charge in [0.25, 0.3) is 0 Å². The lowest BCUT2D eigenvalue weighted by Crippen LogP contribution is -2.10. The largest absolute Gasteiger partial charge is 0.461 e. The van der Waals surface area contributed by atoms with Crippen molar-refractivity contribution in [1.82, 2.24) is 0 Å². The molecule has 0 atom stereocenters. The number of carbonyl (C=O) groups excluding carboxylic acids is 2. The molecule has 0 aliphatic rings. The van der Waals surface area contributed by atoms with Crippen molar-refractivity contribution in [2.75, 3.05) is 0 Å². The summed E-state index contributed by atoms with van der Waals surface area (Å²) in [5.74, 6) is -0.250. The average molecular weight is 421 g/mol. The number of benzene rings is 2. The summed E-state index contributed by atoms with van der Waals surface area (Å²) in [6.45, 7) is 9.94. The third kappa shape index (κ3) is 5.29. The smallest absolute Gasteiger partial charge is 0.336 e. The summed E-state index contributed by atoms with van der Waals surface area (Å²) in [5, 5.41) is 0.758. The lowest BCUT2D eigenvalue weighted by molar-refractivity contribution is -0.144. The quantitative estimate of drug-likeness (QED) is 0.285. The monoisotopic (exact) mass is 420 g/mol. The molecule has 0 bridgehead atoms. The van der Waals surface area contributed by atoms with E-state index < -0.39 is 11.6 Å². The van der Waals surface area contributed by atoms with Crippen molar-refractivity contribution < 1.29 is 18.7 Å². The molecule has 0 N–H and O–H groups in total. The van der Waals surface area contributed by atoms with Gasteiger partial charge in [0.1, 0.15) is 12.2 Å². The molecule has 0 fully saturated rings. The predicted octanol–water partition coefficient (Wildman–Crippen LogP) is 5.55. The molecule has 3 rings (SSSR count).